The lowest BCUT2D eigenvalue weighted by Gasteiger charge is -2.26. The van der Waals surface area contributed by atoms with E-state index in [2.05, 4.69) is 14.4 Å². The quantitative estimate of drug-likeness (QED) is 0.562. The monoisotopic (exact) mass is 390 g/mol. The fourth-order valence-corrected chi connectivity index (χ4v) is 2.46. The van der Waals surface area contributed by atoms with Gasteiger partial charge in [-0.25, -0.2) is 13.8 Å². The van der Waals surface area contributed by atoms with Crippen molar-refractivity contribution in [2.75, 3.05) is 6.61 Å². The van der Waals surface area contributed by atoms with Gasteiger partial charge in [0.05, 0.1) is 6.04 Å². The van der Waals surface area contributed by atoms with E-state index in [1.165, 1.54) is 12.3 Å². The van der Waals surface area contributed by atoms with Crippen LogP contribution in [0.25, 0.3) is 0 Å². The molecule has 0 saturated heterocycles. The molecule has 1 heterocycles. The lowest BCUT2D eigenvalue weighted by molar-refractivity contribution is -0.148. The van der Waals surface area contributed by atoms with Gasteiger partial charge in [0.25, 0.3) is 0 Å². The summed E-state index contributed by atoms with van der Waals surface area (Å²) in [6.07, 6.45) is -2.55. The number of rotatable bonds is 7. The van der Waals surface area contributed by atoms with Crippen molar-refractivity contribution in [3.8, 4) is 5.88 Å². The molecule has 2 atom stereocenters. The van der Waals surface area contributed by atoms with Crippen molar-refractivity contribution >= 4 is 23.0 Å². The maximum atomic E-state index is 12.8. The number of hydrogen-bond donors (Lipinski definition) is 1. The second-order valence-corrected chi connectivity index (χ2v) is 8.53. The standard InChI is InChI=1S/C14H19ClF4N2O2S/c1-8(21-24(22)13(2,3)4)9-5-10(15)11(20-6-9)23-7-14(18,19)12(16)17/h5-6,8,12,21H,7H2,1-4H3/t8-,24-/m1/s1. The summed E-state index contributed by atoms with van der Waals surface area (Å²) in [5, 5.41) is -0.104. The normalized spacial score (nSPS) is 15.5. The van der Waals surface area contributed by atoms with Gasteiger partial charge in [-0.05, 0) is 39.3 Å². The first kappa shape index (κ1) is 21.3. The van der Waals surface area contributed by atoms with E-state index < -0.39 is 35.1 Å². The van der Waals surface area contributed by atoms with Crippen LogP contribution in [0.3, 0.4) is 0 Å². The zero-order chi connectivity index (χ0) is 18.7. The number of pyridine rings is 1. The van der Waals surface area contributed by atoms with E-state index in [0.717, 1.165) is 0 Å². The van der Waals surface area contributed by atoms with Gasteiger partial charge in [-0.3, -0.25) is 0 Å². The summed E-state index contributed by atoms with van der Waals surface area (Å²) in [5.74, 6) is -4.66. The van der Waals surface area contributed by atoms with Gasteiger partial charge in [-0.2, -0.15) is 8.78 Å². The molecule has 24 heavy (non-hydrogen) atoms. The minimum atomic E-state index is -4.29. The van der Waals surface area contributed by atoms with Crippen LogP contribution in [0.5, 0.6) is 5.88 Å². The van der Waals surface area contributed by atoms with Gasteiger partial charge in [0.15, 0.2) is 6.61 Å². The summed E-state index contributed by atoms with van der Waals surface area (Å²) in [7, 11) is 0. The Bertz CT molecular complexity index is 558. The third-order valence-corrected chi connectivity index (χ3v) is 4.84. The van der Waals surface area contributed by atoms with E-state index in [-0.39, 0.29) is 16.9 Å². The van der Waals surface area contributed by atoms with Crippen LogP contribution in [0.2, 0.25) is 5.02 Å². The fraction of sp³-hybridized carbons (Fsp3) is 0.643. The molecule has 0 bridgehead atoms. The number of nitrogens with one attached hydrogen (secondary N) is 1. The highest BCUT2D eigenvalue weighted by Gasteiger charge is 2.42. The summed E-state index contributed by atoms with van der Waals surface area (Å²) in [6, 6.07) is 1.01. The second-order valence-electron chi connectivity index (χ2n) is 6.13. The number of nitrogens with zero attached hydrogens (tertiary/aromatic N) is 1. The molecule has 4 nitrogen and oxygen atoms in total. The topological polar surface area (TPSA) is 57.2 Å². The SMILES string of the molecule is C[C@@H](N[S@+]([O-])C(C)(C)C)c1cnc(OCC(F)(F)C(F)F)c(Cl)c1. The summed E-state index contributed by atoms with van der Waals surface area (Å²) < 4.78 is 68.9. The molecule has 0 unspecified atom stereocenters. The van der Waals surface area contributed by atoms with Crippen LogP contribution in [0.4, 0.5) is 17.6 Å². The summed E-state index contributed by atoms with van der Waals surface area (Å²) in [6.45, 7) is 5.59. The molecule has 0 fully saturated rings. The van der Waals surface area contributed by atoms with Crippen LogP contribution >= 0.6 is 11.6 Å². The predicted molar refractivity (Wildman–Crippen MR) is 85.1 cm³/mol. The average Bonchev–Trinajstić information content (AvgIpc) is 2.44. The Labute approximate surface area is 146 Å². The number of ether oxygens (including phenoxy) is 1. The lowest BCUT2D eigenvalue weighted by atomic mass is 10.2. The number of aromatic nitrogens is 1. The second kappa shape index (κ2) is 8.07. The molecular weight excluding hydrogens is 372 g/mol. The highest BCUT2D eigenvalue weighted by atomic mass is 35.5. The summed E-state index contributed by atoms with van der Waals surface area (Å²) >= 11 is 4.55. The first-order valence-electron chi connectivity index (χ1n) is 6.97. The van der Waals surface area contributed by atoms with Crippen LogP contribution in [0.1, 0.15) is 39.3 Å². The molecule has 0 aromatic carbocycles. The van der Waals surface area contributed by atoms with Gasteiger partial charge in [0.1, 0.15) is 9.77 Å². The number of alkyl halides is 4. The average molecular weight is 391 g/mol. The Morgan fingerprint density at radius 1 is 1.38 bits per heavy atom. The molecule has 0 aliphatic rings. The van der Waals surface area contributed by atoms with E-state index in [0.29, 0.717) is 5.56 Å². The number of halogens is 5. The summed E-state index contributed by atoms with van der Waals surface area (Å²) in [4.78, 5) is 3.76. The zero-order valence-electron chi connectivity index (χ0n) is 13.6. The van der Waals surface area contributed by atoms with Crippen LogP contribution < -0.4 is 9.46 Å². The highest BCUT2D eigenvalue weighted by molar-refractivity contribution is 7.90. The van der Waals surface area contributed by atoms with Crippen LogP contribution in [-0.4, -0.2) is 33.2 Å². The maximum Gasteiger partial charge on any atom is 0.340 e. The molecule has 1 rings (SSSR count). The van der Waals surface area contributed by atoms with E-state index in [1.54, 1.807) is 27.7 Å². The van der Waals surface area contributed by atoms with E-state index in [4.69, 9.17) is 11.6 Å². The van der Waals surface area contributed by atoms with Crippen LogP contribution in [0, 0.1) is 0 Å². The fourth-order valence-electron chi connectivity index (χ4n) is 1.42. The van der Waals surface area contributed by atoms with Crippen LogP contribution in [-0.2, 0) is 11.4 Å². The molecule has 138 valence electrons. The first-order chi connectivity index (χ1) is 10.8. The van der Waals surface area contributed by atoms with Gasteiger partial charge in [-0.15, -0.1) is 4.72 Å². The van der Waals surface area contributed by atoms with Crippen molar-refractivity contribution in [2.45, 2.75) is 50.8 Å². The molecule has 0 saturated carbocycles. The van der Waals surface area contributed by atoms with E-state index in [9.17, 15) is 22.1 Å². The third kappa shape index (κ3) is 5.94. The molecule has 1 N–H and O–H groups in total. The molecule has 0 aliphatic carbocycles. The zero-order valence-corrected chi connectivity index (χ0v) is 15.2. The van der Waals surface area contributed by atoms with Gasteiger partial charge < -0.3 is 9.29 Å². The first-order valence-corrected chi connectivity index (χ1v) is 8.49. The molecule has 0 amide bonds. The van der Waals surface area contributed by atoms with E-state index in [1.807, 2.05) is 0 Å². The Hall–Kier alpha value is -0.770. The van der Waals surface area contributed by atoms with Gasteiger partial charge in [0.2, 0.25) is 5.88 Å². The van der Waals surface area contributed by atoms with Crippen molar-refractivity contribution in [1.82, 2.24) is 9.71 Å². The Kier molecular flexibility index (Phi) is 7.16. The molecule has 0 spiro atoms. The smallest absolute Gasteiger partial charge is 0.340 e. The highest BCUT2D eigenvalue weighted by Crippen LogP contribution is 2.29. The molecule has 0 radical (unpaired) electrons. The van der Waals surface area contributed by atoms with Crippen LogP contribution in [0.15, 0.2) is 12.3 Å². The molecule has 0 aliphatic heterocycles. The Morgan fingerprint density at radius 3 is 2.42 bits per heavy atom. The van der Waals surface area contributed by atoms with E-state index >= 15 is 0 Å². The van der Waals surface area contributed by atoms with Crippen molar-refractivity contribution in [1.29, 1.82) is 0 Å². The third-order valence-electron chi connectivity index (χ3n) is 2.89. The Morgan fingerprint density at radius 2 is 1.96 bits per heavy atom. The number of hydrogen-bond acceptors (Lipinski definition) is 4. The lowest BCUT2D eigenvalue weighted by Crippen LogP contribution is -2.40. The minimum Gasteiger partial charge on any atom is -0.598 e. The predicted octanol–water partition coefficient (Wildman–Crippen LogP) is 4.13. The van der Waals surface area contributed by atoms with Crippen molar-refractivity contribution in [3.63, 3.8) is 0 Å². The van der Waals surface area contributed by atoms with Gasteiger partial charge in [-0.1, -0.05) is 11.6 Å². The Balaban J connectivity index is 2.77. The van der Waals surface area contributed by atoms with Crippen molar-refractivity contribution in [2.24, 2.45) is 0 Å². The summed E-state index contributed by atoms with van der Waals surface area (Å²) in [5.41, 5.74) is 0.547. The molecule has 1 aromatic rings. The van der Waals surface area contributed by atoms with Crippen molar-refractivity contribution in [3.05, 3.63) is 22.8 Å². The molecular formula is C14H19ClF4N2O2S. The van der Waals surface area contributed by atoms with Gasteiger partial charge >= 0.3 is 12.3 Å². The largest absolute Gasteiger partial charge is 0.598 e. The van der Waals surface area contributed by atoms with Crippen molar-refractivity contribution < 1.29 is 26.9 Å². The maximum absolute atomic E-state index is 12.8. The van der Waals surface area contributed by atoms with Gasteiger partial charge in [0, 0.05) is 17.6 Å². The molecule has 1 aromatic heterocycles. The minimum absolute atomic E-state index is 0.104. The molecule has 10 heteroatoms.